The summed E-state index contributed by atoms with van der Waals surface area (Å²) in [5.74, 6) is -0.0869. The van der Waals surface area contributed by atoms with Crippen LogP contribution in [0.4, 0.5) is 11.4 Å². The SMILES string of the molecule is CN(C)c1ccc([N+](=O)[O-])cc1C(=O)OCC(=O)NCc1ccc2c(c1)OCO2. The average Bonchev–Trinajstić information content (AvgIpc) is 3.17. The maximum absolute atomic E-state index is 12.4. The largest absolute Gasteiger partial charge is 0.454 e. The number of benzene rings is 2. The van der Waals surface area contributed by atoms with Gasteiger partial charge in [0.15, 0.2) is 18.1 Å². The first-order valence-electron chi connectivity index (χ1n) is 8.63. The molecule has 0 saturated carbocycles. The first-order chi connectivity index (χ1) is 13.8. The van der Waals surface area contributed by atoms with E-state index in [1.165, 1.54) is 12.1 Å². The highest BCUT2D eigenvalue weighted by Crippen LogP contribution is 2.32. The third kappa shape index (κ3) is 4.72. The molecule has 0 radical (unpaired) electrons. The van der Waals surface area contributed by atoms with Gasteiger partial charge in [-0.15, -0.1) is 0 Å². The lowest BCUT2D eigenvalue weighted by Crippen LogP contribution is -2.28. The number of nitro benzene ring substituents is 1. The van der Waals surface area contributed by atoms with Gasteiger partial charge in [0.2, 0.25) is 6.79 Å². The lowest BCUT2D eigenvalue weighted by Gasteiger charge is -2.16. The number of carbonyl (C=O) groups is 2. The highest BCUT2D eigenvalue weighted by Gasteiger charge is 2.20. The summed E-state index contributed by atoms with van der Waals surface area (Å²) < 4.78 is 15.5. The number of hydrogen-bond donors (Lipinski definition) is 1. The molecular formula is C19H19N3O7. The summed E-state index contributed by atoms with van der Waals surface area (Å²) in [7, 11) is 3.38. The van der Waals surface area contributed by atoms with Gasteiger partial charge in [0, 0.05) is 32.8 Å². The van der Waals surface area contributed by atoms with Crippen molar-refractivity contribution in [1.82, 2.24) is 5.32 Å². The molecule has 10 nitrogen and oxygen atoms in total. The van der Waals surface area contributed by atoms with Gasteiger partial charge in [-0.2, -0.15) is 0 Å². The molecule has 0 saturated heterocycles. The van der Waals surface area contributed by atoms with Crippen molar-refractivity contribution in [3.8, 4) is 11.5 Å². The minimum atomic E-state index is -0.823. The Morgan fingerprint density at radius 3 is 2.66 bits per heavy atom. The van der Waals surface area contributed by atoms with Crippen molar-refractivity contribution in [1.29, 1.82) is 0 Å². The topological polar surface area (TPSA) is 120 Å². The summed E-state index contributed by atoms with van der Waals surface area (Å²) in [6, 6.07) is 9.16. The summed E-state index contributed by atoms with van der Waals surface area (Å²) in [4.78, 5) is 36.4. The van der Waals surface area contributed by atoms with E-state index >= 15 is 0 Å². The van der Waals surface area contributed by atoms with Crippen LogP contribution >= 0.6 is 0 Å². The van der Waals surface area contributed by atoms with E-state index in [-0.39, 0.29) is 24.6 Å². The molecule has 0 aromatic heterocycles. The van der Waals surface area contributed by atoms with Crippen molar-refractivity contribution >= 4 is 23.3 Å². The molecule has 2 aromatic rings. The molecule has 1 aliphatic rings. The zero-order chi connectivity index (χ0) is 21.0. The average molecular weight is 401 g/mol. The molecule has 0 atom stereocenters. The standard InChI is InChI=1S/C19H19N3O7/c1-21(2)15-5-4-13(22(25)26)8-14(15)19(24)27-10-18(23)20-9-12-3-6-16-17(7-12)29-11-28-16/h3-8H,9-11H2,1-2H3,(H,20,23). The fraction of sp³-hybridized carbons (Fsp3) is 0.263. The fourth-order valence-electron chi connectivity index (χ4n) is 2.70. The van der Waals surface area contributed by atoms with Gasteiger partial charge in [-0.1, -0.05) is 6.07 Å². The van der Waals surface area contributed by atoms with E-state index in [9.17, 15) is 19.7 Å². The molecule has 1 amide bonds. The number of rotatable bonds is 7. The zero-order valence-electron chi connectivity index (χ0n) is 15.8. The highest BCUT2D eigenvalue weighted by molar-refractivity contribution is 5.97. The van der Waals surface area contributed by atoms with Crippen LogP contribution < -0.4 is 19.7 Å². The first kappa shape index (κ1) is 19.9. The molecule has 0 spiro atoms. The van der Waals surface area contributed by atoms with Crippen LogP contribution in [0, 0.1) is 10.1 Å². The van der Waals surface area contributed by atoms with E-state index in [0.717, 1.165) is 11.6 Å². The van der Waals surface area contributed by atoms with Crippen LogP contribution in [0.2, 0.25) is 0 Å². The number of anilines is 1. The minimum Gasteiger partial charge on any atom is -0.454 e. The van der Waals surface area contributed by atoms with Gasteiger partial charge in [-0.3, -0.25) is 14.9 Å². The van der Waals surface area contributed by atoms with Crippen molar-refractivity contribution in [2.45, 2.75) is 6.54 Å². The van der Waals surface area contributed by atoms with E-state index in [4.69, 9.17) is 14.2 Å². The van der Waals surface area contributed by atoms with Gasteiger partial charge >= 0.3 is 5.97 Å². The van der Waals surface area contributed by atoms with E-state index in [1.54, 1.807) is 37.2 Å². The summed E-state index contributed by atoms with van der Waals surface area (Å²) >= 11 is 0. The lowest BCUT2D eigenvalue weighted by molar-refractivity contribution is -0.384. The normalized spacial score (nSPS) is 11.7. The molecule has 152 valence electrons. The van der Waals surface area contributed by atoms with Gasteiger partial charge in [-0.25, -0.2) is 4.79 Å². The Kier molecular flexibility index (Phi) is 5.82. The van der Waals surface area contributed by atoms with Crippen LogP contribution in [0.15, 0.2) is 36.4 Å². The van der Waals surface area contributed by atoms with Crippen LogP contribution in [0.1, 0.15) is 15.9 Å². The molecule has 2 aromatic carbocycles. The molecular weight excluding hydrogens is 382 g/mol. The van der Waals surface area contributed by atoms with Crippen molar-refractivity contribution in [3.05, 3.63) is 57.6 Å². The fourth-order valence-corrected chi connectivity index (χ4v) is 2.70. The molecule has 0 bridgehead atoms. The number of nitrogens with one attached hydrogen (secondary N) is 1. The van der Waals surface area contributed by atoms with E-state index in [1.807, 2.05) is 0 Å². The zero-order valence-corrected chi connectivity index (χ0v) is 15.8. The van der Waals surface area contributed by atoms with Gasteiger partial charge in [0.25, 0.3) is 11.6 Å². The Morgan fingerprint density at radius 1 is 1.17 bits per heavy atom. The Bertz CT molecular complexity index is 959. The number of esters is 1. The smallest absolute Gasteiger partial charge is 0.341 e. The number of hydrogen-bond acceptors (Lipinski definition) is 8. The van der Waals surface area contributed by atoms with Crippen molar-refractivity contribution < 1.29 is 28.7 Å². The van der Waals surface area contributed by atoms with Crippen molar-refractivity contribution in [3.63, 3.8) is 0 Å². The number of ether oxygens (including phenoxy) is 3. The Balaban J connectivity index is 1.58. The summed E-state index contributed by atoms with van der Waals surface area (Å²) in [5, 5.41) is 13.6. The third-order valence-corrected chi connectivity index (χ3v) is 4.15. The predicted molar refractivity (Wildman–Crippen MR) is 102 cm³/mol. The summed E-state index contributed by atoms with van der Waals surface area (Å²) in [6.45, 7) is -0.139. The molecule has 10 heteroatoms. The number of nitro groups is 1. The highest BCUT2D eigenvalue weighted by atomic mass is 16.7. The van der Waals surface area contributed by atoms with Crippen LogP contribution in [0.3, 0.4) is 0 Å². The Hall–Kier alpha value is -3.82. The lowest BCUT2D eigenvalue weighted by atomic mass is 10.1. The van der Waals surface area contributed by atoms with Crippen LogP contribution in [-0.4, -0.2) is 44.3 Å². The first-order valence-corrected chi connectivity index (χ1v) is 8.63. The van der Waals surface area contributed by atoms with Gasteiger partial charge in [-0.05, 0) is 23.8 Å². The van der Waals surface area contributed by atoms with Gasteiger partial charge < -0.3 is 24.4 Å². The maximum Gasteiger partial charge on any atom is 0.341 e. The molecule has 0 fully saturated rings. The van der Waals surface area contributed by atoms with Crippen LogP contribution in [0.25, 0.3) is 0 Å². The second-order valence-electron chi connectivity index (χ2n) is 6.39. The van der Waals surface area contributed by atoms with Crippen molar-refractivity contribution in [2.75, 3.05) is 32.4 Å². The molecule has 1 N–H and O–H groups in total. The molecule has 1 heterocycles. The molecule has 29 heavy (non-hydrogen) atoms. The second-order valence-corrected chi connectivity index (χ2v) is 6.39. The quantitative estimate of drug-likeness (QED) is 0.424. The van der Waals surface area contributed by atoms with E-state index in [0.29, 0.717) is 17.2 Å². The number of carbonyl (C=O) groups excluding carboxylic acids is 2. The Labute approximate surface area is 166 Å². The Morgan fingerprint density at radius 2 is 1.93 bits per heavy atom. The monoisotopic (exact) mass is 401 g/mol. The van der Waals surface area contributed by atoms with Crippen molar-refractivity contribution in [2.24, 2.45) is 0 Å². The molecule has 0 aliphatic carbocycles. The predicted octanol–water partition coefficient (Wildman–Crippen LogP) is 1.86. The van der Waals surface area contributed by atoms with Crippen LogP contribution in [-0.2, 0) is 16.1 Å². The summed E-state index contributed by atoms with van der Waals surface area (Å²) in [5.41, 5.74) is 1.01. The minimum absolute atomic E-state index is 0.00720. The molecule has 3 rings (SSSR count). The second kappa shape index (κ2) is 8.46. The van der Waals surface area contributed by atoms with Gasteiger partial charge in [0.05, 0.1) is 16.2 Å². The number of amides is 1. The third-order valence-electron chi connectivity index (χ3n) is 4.15. The van der Waals surface area contributed by atoms with E-state index in [2.05, 4.69) is 5.32 Å². The summed E-state index contributed by atoms with van der Waals surface area (Å²) in [6.07, 6.45) is 0. The van der Waals surface area contributed by atoms with E-state index < -0.39 is 23.4 Å². The maximum atomic E-state index is 12.4. The number of fused-ring (bicyclic) bond motifs is 1. The number of non-ortho nitro benzene ring substituents is 1. The number of nitrogens with zero attached hydrogens (tertiary/aromatic N) is 2. The van der Waals surface area contributed by atoms with Gasteiger partial charge in [0.1, 0.15) is 0 Å². The molecule has 1 aliphatic heterocycles. The van der Waals surface area contributed by atoms with Crippen LogP contribution in [0.5, 0.6) is 11.5 Å². The molecule has 0 unspecified atom stereocenters.